The molecule has 1 aliphatic rings. The zero-order chi connectivity index (χ0) is 24.3. The minimum Gasteiger partial charge on any atom is -0.491 e. The molecule has 182 valence electrons. The summed E-state index contributed by atoms with van der Waals surface area (Å²) in [5.74, 6) is 0.630. The number of aliphatic hydroxyl groups excluding tert-OH is 1. The first kappa shape index (κ1) is 24.9. The van der Waals surface area contributed by atoms with Gasteiger partial charge in [0, 0.05) is 24.9 Å². The molecule has 1 amide bonds. The Morgan fingerprint density at radius 3 is 2.62 bits per heavy atom. The molecule has 1 aliphatic heterocycles. The average Bonchev–Trinajstić information content (AvgIpc) is 3.30. The van der Waals surface area contributed by atoms with Crippen molar-refractivity contribution in [1.82, 2.24) is 0 Å². The number of allylic oxidation sites excluding steroid dienone is 1. The highest BCUT2D eigenvalue weighted by Crippen LogP contribution is 2.34. The highest BCUT2D eigenvalue weighted by Gasteiger charge is 2.27. The van der Waals surface area contributed by atoms with E-state index in [-0.39, 0.29) is 20.0 Å². The lowest BCUT2D eigenvalue weighted by molar-refractivity contribution is -0.131. The summed E-state index contributed by atoms with van der Waals surface area (Å²) in [5.41, 5.74) is 1.13. The third kappa shape index (κ3) is 7.12. The maximum absolute atomic E-state index is 12.7. The highest BCUT2D eigenvalue weighted by molar-refractivity contribution is 5.85. The normalized spacial score (nSPS) is 13.9. The van der Waals surface area contributed by atoms with Crippen LogP contribution in [0.2, 0.25) is 0 Å². The molecule has 0 bridgehead atoms. The number of methoxy groups -OCH3 is 1. The van der Waals surface area contributed by atoms with E-state index in [1.54, 1.807) is 42.5 Å². The van der Waals surface area contributed by atoms with Crippen LogP contribution in [0, 0.1) is 0 Å². The number of fused-ring (bicyclic) bond motifs is 1. The number of carboxylic acid groups (broad SMARTS) is 1. The Bertz CT molecular complexity index is 990. The maximum Gasteiger partial charge on any atom is 0.412 e. The summed E-state index contributed by atoms with van der Waals surface area (Å²) >= 11 is 0. The topological polar surface area (TPSA) is 133 Å². The minimum atomic E-state index is -1.04. The molecule has 0 unspecified atom stereocenters. The van der Waals surface area contributed by atoms with Crippen molar-refractivity contribution < 1.29 is 43.5 Å². The van der Waals surface area contributed by atoms with Gasteiger partial charge in [-0.1, -0.05) is 18.2 Å². The fourth-order valence-electron chi connectivity index (χ4n) is 3.35. The van der Waals surface area contributed by atoms with Crippen molar-refractivity contribution in [2.75, 3.05) is 32.4 Å². The number of carbonyl (C=O) groups excluding carboxylic acids is 1. The van der Waals surface area contributed by atoms with Crippen LogP contribution >= 0.6 is 0 Å². The first-order valence-corrected chi connectivity index (χ1v) is 10.6. The molecular formula is C24H27NO9. The number of hydrogen-bond donors (Lipinski definition) is 3. The molecule has 1 heterocycles. The molecular weight excluding hydrogens is 446 g/mol. The smallest absolute Gasteiger partial charge is 0.412 e. The third-order valence-corrected chi connectivity index (χ3v) is 4.94. The van der Waals surface area contributed by atoms with Gasteiger partial charge in [0.2, 0.25) is 6.79 Å². The lowest BCUT2D eigenvalue weighted by Crippen LogP contribution is -2.28. The number of nitrogens with one attached hydrogen (secondary N) is 1. The number of rotatable bonds is 12. The first-order chi connectivity index (χ1) is 16.5. The van der Waals surface area contributed by atoms with E-state index in [0.717, 1.165) is 6.08 Å². The zero-order valence-corrected chi connectivity index (χ0v) is 18.6. The van der Waals surface area contributed by atoms with Gasteiger partial charge >= 0.3 is 12.1 Å². The fraction of sp³-hybridized carbons (Fsp3) is 0.333. The molecule has 3 N–H and O–H groups in total. The van der Waals surface area contributed by atoms with E-state index in [9.17, 15) is 9.59 Å². The second-order valence-electron chi connectivity index (χ2n) is 7.25. The van der Waals surface area contributed by atoms with Crippen LogP contribution in [-0.4, -0.2) is 55.5 Å². The molecule has 0 radical (unpaired) electrons. The van der Waals surface area contributed by atoms with E-state index >= 15 is 0 Å². The van der Waals surface area contributed by atoms with Gasteiger partial charge in [0.25, 0.3) is 0 Å². The average molecular weight is 473 g/mol. The number of aliphatic carboxylic acids is 1. The lowest BCUT2D eigenvalue weighted by Gasteiger charge is -2.26. The summed E-state index contributed by atoms with van der Waals surface area (Å²) in [5, 5.41) is 20.4. The van der Waals surface area contributed by atoms with Gasteiger partial charge in [0.15, 0.2) is 17.6 Å². The fourth-order valence-corrected chi connectivity index (χ4v) is 3.35. The van der Waals surface area contributed by atoms with Crippen LogP contribution in [0.4, 0.5) is 10.5 Å². The van der Waals surface area contributed by atoms with Crippen molar-refractivity contribution in [3.05, 3.63) is 60.2 Å². The van der Waals surface area contributed by atoms with Crippen LogP contribution in [0.25, 0.3) is 0 Å². The summed E-state index contributed by atoms with van der Waals surface area (Å²) < 4.78 is 27.3. The molecule has 34 heavy (non-hydrogen) atoms. The monoisotopic (exact) mass is 473 g/mol. The predicted octanol–water partition coefficient (Wildman–Crippen LogP) is 3.51. The van der Waals surface area contributed by atoms with E-state index in [0.29, 0.717) is 41.3 Å². The molecule has 2 aromatic carbocycles. The molecule has 2 aromatic rings. The largest absolute Gasteiger partial charge is 0.491 e. The Labute approximate surface area is 196 Å². The van der Waals surface area contributed by atoms with Gasteiger partial charge in [-0.2, -0.15) is 0 Å². The third-order valence-electron chi connectivity index (χ3n) is 4.94. The molecule has 10 heteroatoms. The van der Waals surface area contributed by atoms with Crippen LogP contribution in [-0.2, 0) is 14.3 Å². The van der Waals surface area contributed by atoms with Crippen LogP contribution in [0.3, 0.4) is 0 Å². The number of carboxylic acids is 1. The molecule has 0 saturated heterocycles. The van der Waals surface area contributed by atoms with Gasteiger partial charge in [0.05, 0.1) is 12.7 Å². The zero-order valence-electron chi connectivity index (χ0n) is 18.6. The molecule has 0 spiro atoms. The SMILES string of the molecule is CO[C@@H](CC/C=C/C(=O)O)[C@@H](OC(=O)Nc1ccc2c(c1)OCO2)c1ccc(OCCO)cc1. The van der Waals surface area contributed by atoms with Crippen LogP contribution in [0.5, 0.6) is 17.2 Å². The summed E-state index contributed by atoms with van der Waals surface area (Å²) in [7, 11) is 1.50. The Morgan fingerprint density at radius 1 is 1.15 bits per heavy atom. The van der Waals surface area contributed by atoms with Gasteiger partial charge < -0.3 is 33.9 Å². The van der Waals surface area contributed by atoms with Crippen LogP contribution in [0.1, 0.15) is 24.5 Å². The van der Waals surface area contributed by atoms with E-state index in [1.807, 2.05) is 0 Å². The first-order valence-electron chi connectivity index (χ1n) is 10.6. The van der Waals surface area contributed by atoms with Gasteiger partial charge in [-0.25, -0.2) is 9.59 Å². The Morgan fingerprint density at radius 2 is 1.91 bits per heavy atom. The molecule has 10 nitrogen and oxygen atoms in total. The summed E-state index contributed by atoms with van der Waals surface area (Å²) in [6.07, 6.45) is 1.35. The number of carbonyl (C=O) groups is 2. The number of hydrogen-bond acceptors (Lipinski definition) is 8. The summed E-state index contributed by atoms with van der Waals surface area (Å²) in [6.45, 7) is 0.173. The van der Waals surface area contributed by atoms with Gasteiger partial charge in [0.1, 0.15) is 12.4 Å². The predicted molar refractivity (Wildman–Crippen MR) is 121 cm³/mol. The standard InChI is InChI=1S/C24H27NO9/c1-30-20(4-2-3-5-22(27)28)23(16-6-9-18(10-7-16)31-13-12-26)34-24(29)25-17-8-11-19-21(14-17)33-15-32-19/h3,5-11,14,20,23,26H,2,4,12-13,15H2,1H3,(H,25,29)(H,27,28)/b5-3+/t20-,23-/m0/s1. The van der Waals surface area contributed by atoms with Crippen LogP contribution < -0.4 is 19.5 Å². The maximum atomic E-state index is 12.7. The lowest BCUT2D eigenvalue weighted by atomic mass is 10.00. The quantitative estimate of drug-likeness (QED) is 0.396. The number of ether oxygens (including phenoxy) is 5. The van der Waals surface area contributed by atoms with Crippen LogP contribution in [0.15, 0.2) is 54.6 Å². The minimum absolute atomic E-state index is 0.108. The highest BCUT2D eigenvalue weighted by atomic mass is 16.7. The van der Waals surface area contributed by atoms with Gasteiger partial charge in [-0.15, -0.1) is 0 Å². The molecule has 0 aliphatic carbocycles. The van der Waals surface area contributed by atoms with E-state index in [1.165, 1.54) is 13.2 Å². The van der Waals surface area contributed by atoms with Gasteiger partial charge in [-0.3, -0.25) is 5.32 Å². The second-order valence-corrected chi connectivity index (χ2v) is 7.25. The number of benzene rings is 2. The number of anilines is 1. The van der Waals surface area contributed by atoms with Crippen molar-refractivity contribution in [3.63, 3.8) is 0 Å². The van der Waals surface area contributed by atoms with E-state index in [2.05, 4.69) is 5.32 Å². The Kier molecular flexibility index (Phi) is 9.12. The number of amides is 1. The Balaban J connectivity index is 1.74. The molecule has 0 saturated carbocycles. The number of aliphatic hydroxyl groups is 1. The van der Waals surface area contributed by atoms with Gasteiger partial charge in [-0.05, 0) is 42.7 Å². The molecule has 2 atom stereocenters. The molecule has 0 aromatic heterocycles. The summed E-state index contributed by atoms with van der Waals surface area (Å²) in [4.78, 5) is 23.5. The van der Waals surface area contributed by atoms with Crippen molar-refractivity contribution in [2.24, 2.45) is 0 Å². The van der Waals surface area contributed by atoms with E-state index in [4.69, 9.17) is 33.9 Å². The summed E-state index contributed by atoms with van der Waals surface area (Å²) in [6, 6.07) is 11.9. The van der Waals surface area contributed by atoms with Crippen molar-refractivity contribution in [2.45, 2.75) is 25.0 Å². The molecule has 3 rings (SSSR count). The molecule has 0 fully saturated rings. The van der Waals surface area contributed by atoms with E-state index < -0.39 is 24.3 Å². The second kappa shape index (κ2) is 12.5. The van der Waals surface area contributed by atoms with Crippen molar-refractivity contribution >= 4 is 17.7 Å². The van der Waals surface area contributed by atoms with Crippen molar-refractivity contribution in [3.8, 4) is 17.2 Å². The van der Waals surface area contributed by atoms with Crippen molar-refractivity contribution in [1.29, 1.82) is 0 Å². The Hall–Kier alpha value is -3.76.